The summed E-state index contributed by atoms with van der Waals surface area (Å²) in [5.41, 5.74) is 1.36. The first-order valence-electron chi connectivity index (χ1n) is 8.48. The number of hydrogen-bond donors (Lipinski definition) is 1. The molecule has 7 heteroatoms. The Hall–Kier alpha value is -3.82. The number of esters is 1. The fraction of sp³-hybridized carbons (Fsp3) is 0.0455. The van der Waals surface area contributed by atoms with Crippen LogP contribution in [0.2, 0.25) is 5.02 Å². The Morgan fingerprint density at radius 1 is 1.14 bits per heavy atom. The molecular weight excluding hydrogens is 392 g/mol. The molecule has 1 heterocycles. The molecule has 1 amide bonds. The van der Waals surface area contributed by atoms with Crippen LogP contribution >= 0.6 is 11.6 Å². The number of methoxy groups -OCH3 is 1. The highest BCUT2D eigenvalue weighted by Crippen LogP contribution is 2.28. The van der Waals surface area contributed by atoms with Gasteiger partial charge in [-0.3, -0.25) is 4.79 Å². The van der Waals surface area contributed by atoms with E-state index in [1.54, 1.807) is 48.5 Å². The molecule has 0 aliphatic carbocycles. The van der Waals surface area contributed by atoms with Crippen molar-refractivity contribution in [2.24, 2.45) is 0 Å². The third-order valence-corrected chi connectivity index (χ3v) is 4.28. The largest absolute Gasteiger partial charge is 0.465 e. The van der Waals surface area contributed by atoms with Crippen molar-refractivity contribution < 1.29 is 18.7 Å². The first kappa shape index (κ1) is 19.9. The second kappa shape index (κ2) is 8.91. The summed E-state index contributed by atoms with van der Waals surface area (Å²) in [4.78, 5) is 23.9. The van der Waals surface area contributed by atoms with Gasteiger partial charge in [0, 0.05) is 17.3 Å². The molecule has 29 heavy (non-hydrogen) atoms. The maximum atomic E-state index is 12.3. The summed E-state index contributed by atoms with van der Waals surface area (Å²) in [6.45, 7) is 0. The zero-order valence-corrected chi connectivity index (χ0v) is 16.1. The Balaban J connectivity index is 1.81. The molecule has 0 aliphatic heterocycles. The van der Waals surface area contributed by atoms with Gasteiger partial charge in [0.15, 0.2) is 0 Å². The van der Waals surface area contributed by atoms with Crippen LogP contribution in [0, 0.1) is 11.3 Å². The van der Waals surface area contributed by atoms with E-state index in [2.05, 4.69) is 10.1 Å². The quantitative estimate of drug-likeness (QED) is 0.368. The fourth-order valence-corrected chi connectivity index (χ4v) is 2.80. The minimum atomic E-state index is -0.540. The van der Waals surface area contributed by atoms with Gasteiger partial charge in [-0.05, 0) is 36.4 Å². The summed E-state index contributed by atoms with van der Waals surface area (Å²) in [6.07, 6.45) is 1.35. The number of para-hydroxylation sites is 1. The van der Waals surface area contributed by atoms with Gasteiger partial charge >= 0.3 is 5.97 Å². The number of nitriles is 1. The predicted octanol–water partition coefficient (Wildman–Crippen LogP) is 4.93. The average Bonchev–Trinajstić information content (AvgIpc) is 3.20. The Bertz CT molecular complexity index is 1130. The first-order chi connectivity index (χ1) is 14.0. The molecule has 3 aromatic rings. The molecule has 2 aromatic carbocycles. The van der Waals surface area contributed by atoms with Crippen molar-refractivity contribution in [3.63, 3.8) is 0 Å². The summed E-state index contributed by atoms with van der Waals surface area (Å²) in [6, 6.07) is 18.8. The highest BCUT2D eigenvalue weighted by Gasteiger charge is 2.14. The van der Waals surface area contributed by atoms with E-state index < -0.39 is 11.9 Å². The van der Waals surface area contributed by atoms with Crippen molar-refractivity contribution in [1.82, 2.24) is 0 Å². The lowest BCUT2D eigenvalue weighted by atomic mass is 10.1. The summed E-state index contributed by atoms with van der Waals surface area (Å²) in [7, 11) is 1.28. The second-order valence-electron chi connectivity index (χ2n) is 5.88. The first-order valence-corrected chi connectivity index (χ1v) is 8.86. The topological polar surface area (TPSA) is 92.3 Å². The predicted molar refractivity (Wildman–Crippen MR) is 109 cm³/mol. The fourth-order valence-electron chi connectivity index (χ4n) is 2.54. The number of carbonyl (C=O) groups is 2. The van der Waals surface area contributed by atoms with Crippen LogP contribution in [0.25, 0.3) is 17.4 Å². The molecule has 3 rings (SSSR count). The number of furan rings is 1. The lowest BCUT2D eigenvalue weighted by Crippen LogP contribution is -2.13. The standard InChI is InChI=1S/C22H15ClN2O4/c1-28-22(27)18-9-7-14(12-19(18)23)20-10-8-17(29-20)11-15(13-24)21(26)25-16-5-3-2-4-6-16/h2-12H,1H3,(H,25,26)/b15-11-. The smallest absolute Gasteiger partial charge is 0.339 e. The molecule has 0 radical (unpaired) electrons. The highest BCUT2D eigenvalue weighted by molar-refractivity contribution is 6.33. The Kier molecular flexibility index (Phi) is 6.12. The Morgan fingerprint density at radius 2 is 1.90 bits per heavy atom. The van der Waals surface area contributed by atoms with Gasteiger partial charge in [0.2, 0.25) is 0 Å². The van der Waals surface area contributed by atoms with Gasteiger partial charge in [0.05, 0.1) is 17.7 Å². The van der Waals surface area contributed by atoms with E-state index in [1.165, 1.54) is 19.3 Å². The second-order valence-corrected chi connectivity index (χ2v) is 6.29. The van der Waals surface area contributed by atoms with Crippen LogP contribution < -0.4 is 5.32 Å². The van der Waals surface area contributed by atoms with Crippen molar-refractivity contribution in [2.75, 3.05) is 12.4 Å². The summed E-state index contributed by atoms with van der Waals surface area (Å²) in [5, 5.41) is 12.2. The average molecular weight is 407 g/mol. The Morgan fingerprint density at radius 3 is 2.55 bits per heavy atom. The van der Waals surface area contributed by atoms with Crippen molar-refractivity contribution in [3.05, 3.63) is 82.6 Å². The maximum Gasteiger partial charge on any atom is 0.339 e. The molecule has 144 valence electrons. The van der Waals surface area contributed by atoms with Crippen LogP contribution in [0.5, 0.6) is 0 Å². The lowest BCUT2D eigenvalue weighted by Gasteiger charge is -2.04. The normalized spacial score (nSPS) is 10.9. The number of rotatable bonds is 5. The van der Waals surface area contributed by atoms with Crippen LogP contribution in [-0.2, 0) is 9.53 Å². The van der Waals surface area contributed by atoms with Crippen molar-refractivity contribution in [3.8, 4) is 17.4 Å². The van der Waals surface area contributed by atoms with Gasteiger partial charge in [-0.2, -0.15) is 5.26 Å². The van der Waals surface area contributed by atoms with Crippen LogP contribution in [0.3, 0.4) is 0 Å². The third-order valence-electron chi connectivity index (χ3n) is 3.97. The number of nitrogens with zero attached hydrogens (tertiary/aromatic N) is 1. The highest BCUT2D eigenvalue weighted by atomic mass is 35.5. The monoisotopic (exact) mass is 406 g/mol. The number of nitrogens with one attached hydrogen (secondary N) is 1. The molecule has 0 bridgehead atoms. The van der Waals surface area contributed by atoms with E-state index in [1.807, 2.05) is 12.1 Å². The SMILES string of the molecule is COC(=O)c1ccc(-c2ccc(/C=C(/C#N)C(=O)Nc3ccccc3)o2)cc1Cl. The van der Waals surface area contributed by atoms with Gasteiger partial charge < -0.3 is 14.5 Å². The van der Waals surface area contributed by atoms with Gasteiger partial charge in [-0.15, -0.1) is 0 Å². The maximum absolute atomic E-state index is 12.3. The zero-order valence-electron chi connectivity index (χ0n) is 15.3. The van der Waals surface area contributed by atoms with Crippen molar-refractivity contribution in [1.29, 1.82) is 5.26 Å². The number of hydrogen-bond acceptors (Lipinski definition) is 5. The molecule has 0 unspecified atom stereocenters. The van der Waals surface area contributed by atoms with E-state index >= 15 is 0 Å². The molecular formula is C22H15ClN2O4. The number of benzene rings is 2. The molecule has 0 spiro atoms. The van der Waals surface area contributed by atoms with E-state index in [4.69, 9.17) is 16.0 Å². The summed E-state index contributed by atoms with van der Waals surface area (Å²) in [5.74, 6) is -0.280. The number of halogens is 1. The molecule has 0 saturated carbocycles. The molecule has 1 aromatic heterocycles. The van der Waals surface area contributed by atoms with Crippen LogP contribution in [0.4, 0.5) is 5.69 Å². The molecule has 1 N–H and O–H groups in total. The molecule has 0 fully saturated rings. The number of carbonyl (C=O) groups excluding carboxylic acids is 2. The minimum absolute atomic E-state index is 0.103. The van der Waals surface area contributed by atoms with Crippen LogP contribution in [0.1, 0.15) is 16.1 Å². The zero-order chi connectivity index (χ0) is 20.8. The van der Waals surface area contributed by atoms with Gasteiger partial charge in [-0.1, -0.05) is 35.9 Å². The van der Waals surface area contributed by atoms with E-state index in [0.717, 1.165) is 0 Å². The summed E-state index contributed by atoms with van der Waals surface area (Å²) < 4.78 is 10.4. The molecule has 0 atom stereocenters. The van der Waals surface area contributed by atoms with Gasteiger partial charge in [0.1, 0.15) is 23.2 Å². The molecule has 0 saturated heterocycles. The summed E-state index contributed by atoms with van der Waals surface area (Å²) >= 11 is 6.13. The van der Waals surface area contributed by atoms with Crippen molar-refractivity contribution >= 4 is 35.2 Å². The number of anilines is 1. The van der Waals surface area contributed by atoms with Gasteiger partial charge in [0.25, 0.3) is 5.91 Å². The minimum Gasteiger partial charge on any atom is -0.465 e. The van der Waals surface area contributed by atoms with E-state index in [9.17, 15) is 14.9 Å². The number of ether oxygens (including phenoxy) is 1. The van der Waals surface area contributed by atoms with E-state index in [0.29, 0.717) is 22.8 Å². The molecule has 0 aliphatic rings. The lowest BCUT2D eigenvalue weighted by molar-refractivity contribution is -0.112. The number of amides is 1. The van der Waals surface area contributed by atoms with Gasteiger partial charge in [-0.25, -0.2) is 4.79 Å². The van der Waals surface area contributed by atoms with E-state index in [-0.39, 0.29) is 16.2 Å². The third kappa shape index (κ3) is 4.72. The van der Waals surface area contributed by atoms with Crippen molar-refractivity contribution in [2.45, 2.75) is 0 Å². The Labute approximate surface area is 172 Å². The molecule has 6 nitrogen and oxygen atoms in total. The van der Waals surface area contributed by atoms with Crippen LogP contribution in [-0.4, -0.2) is 19.0 Å². The van der Waals surface area contributed by atoms with Crippen LogP contribution in [0.15, 0.2) is 70.7 Å².